The lowest BCUT2D eigenvalue weighted by Gasteiger charge is -2.56. The summed E-state index contributed by atoms with van der Waals surface area (Å²) >= 11 is 0. The zero-order valence-corrected chi connectivity index (χ0v) is 18.8. The second-order valence-corrected chi connectivity index (χ2v) is 10.7. The highest BCUT2D eigenvalue weighted by atomic mass is 16.6. The molecule has 5 aliphatic rings. The molecule has 4 fully saturated rings. The van der Waals surface area contributed by atoms with Crippen LogP contribution in [0.25, 0.3) is 0 Å². The standard InChI is InChI=1S/C25H32O6/c1-5-21(29)31-24(19(28)13-26)14(2)10-18-17-7-6-15-11-16(27)8-9-22(15,3)25(17)20(30-25)12-23(18,24)4/h8-9,11,14,17-18,20,26H,5-7,10,12-13H2,1-4H3/t14-,17-,18+,20-,22-,23-,24?,25+/m0/s1. The van der Waals surface area contributed by atoms with Crippen LogP contribution in [-0.4, -0.2) is 46.6 Å². The quantitative estimate of drug-likeness (QED) is 0.547. The molecule has 168 valence electrons. The molecule has 0 amide bonds. The van der Waals surface area contributed by atoms with Crippen LogP contribution < -0.4 is 0 Å². The highest BCUT2D eigenvalue weighted by Crippen LogP contribution is 2.76. The number of Topliss-reactive ketones (excluding diaryl/α,β-unsaturated/α-hetero) is 1. The number of aliphatic hydroxyl groups is 1. The van der Waals surface area contributed by atoms with Crippen molar-refractivity contribution < 1.29 is 29.0 Å². The van der Waals surface area contributed by atoms with Crippen molar-refractivity contribution in [1.29, 1.82) is 0 Å². The summed E-state index contributed by atoms with van der Waals surface area (Å²) in [5.74, 6) is -0.614. The maximum absolute atomic E-state index is 13.2. The first-order valence-corrected chi connectivity index (χ1v) is 11.6. The Hall–Kier alpha value is -1.79. The molecule has 0 radical (unpaired) electrons. The minimum atomic E-state index is -1.33. The van der Waals surface area contributed by atoms with Gasteiger partial charge in [-0.05, 0) is 56.6 Å². The van der Waals surface area contributed by atoms with Crippen molar-refractivity contribution in [2.24, 2.45) is 28.6 Å². The fourth-order valence-electron chi connectivity index (χ4n) is 8.21. The summed E-state index contributed by atoms with van der Waals surface area (Å²) < 4.78 is 12.5. The summed E-state index contributed by atoms with van der Waals surface area (Å²) in [6.45, 7) is 7.31. The monoisotopic (exact) mass is 428 g/mol. The van der Waals surface area contributed by atoms with Crippen molar-refractivity contribution in [2.45, 2.75) is 77.1 Å². The topological polar surface area (TPSA) is 93.2 Å². The summed E-state index contributed by atoms with van der Waals surface area (Å²) in [6, 6.07) is 0. The summed E-state index contributed by atoms with van der Waals surface area (Å²) in [5.41, 5.74) is -1.48. The van der Waals surface area contributed by atoms with Crippen LogP contribution in [-0.2, 0) is 23.9 Å². The fourth-order valence-corrected chi connectivity index (χ4v) is 8.21. The van der Waals surface area contributed by atoms with E-state index in [9.17, 15) is 19.5 Å². The number of fused-ring (bicyclic) bond motifs is 3. The Kier molecular flexibility index (Phi) is 4.34. The van der Waals surface area contributed by atoms with Gasteiger partial charge in [-0.15, -0.1) is 0 Å². The molecule has 4 aliphatic carbocycles. The third-order valence-electron chi connectivity index (χ3n) is 9.59. The van der Waals surface area contributed by atoms with Crippen molar-refractivity contribution >= 4 is 17.5 Å². The van der Waals surface area contributed by atoms with Gasteiger partial charge in [-0.1, -0.05) is 32.4 Å². The van der Waals surface area contributed by atoms with E-state index in [-0.39, 0.29) is 47.1 Å². The first kappa shape index (κ1) is 21.1. The van der Waals surface area contributed by atoms with Gasteiger partial charge in [0.15, 0.2) is 11.4 Å². The Bertz CT molecular complexity index is 934. The molecule has 0 aromatic rings. The van der Waals surface area contributed by atoms with Gasteiger partial charge >= 0.3 is 5.97 Å². The van der Waals surface area contributed by atoms with E-state index in [1.165, 1.54) is 0 Å². The molecule has 1 unspecified atom stereocenters. The Balaban J connectivity index is 1.60. The smallest absolute Gasteiger partial charge is 0.306 e. The lowest BCUT2D eigenvalue weighted by atomic mass is 9.46. The zero-order valence-electron chi connectivity index (χ0n) is 18.8. The van der Waals surface area contributed by atoms with Crippen LogP contribution in [0.5, 0.6) is 0 Å². The molecule has 1 spiro atoms. The van der Waals surface area contributed by atoms with E-state index in [1.54, 1.807) is 19.1 Å². The van der Waals surface area contributed by atoms with Gasteiger partial charge in [0, 0.05) is 23.2 Å². The minimum absolute atomic E-state index is 0.0358. The molecule has 6 heteroatoms. The van der Waals surface area contributed by atoms with Crippen LogP contribution in [0.3, 0.4) is 0 Å². The van der Waals surface area contributed by atoms with Crippen LogP contribution in [0.4, 0.5) is 0 Å². The molecule has 6 nitrogen and oxygen atoms in total. The van der Waals surface area contributed by atoms with E-state index in [0.29, 0.717) is 6.42 Å². The van der Waals surface area contributed by atoms with Crippen molar-refractivity contribution in [3.8, 4) is 0 Å². The molecular weight excluding hydrogens is 396 g/mol. The number of epoxide rings is 1. The molecule has 1 N–H and O–H groups in total. The van der Waals surface area contributed by atoms with Crippen LogP contribution in [0.1, 0.15) is 59.8 Å². The average molecular weight is 429 g/mol. The highest BCUT2D eigenvalue weighted by molar-refractivity contribution is 6.01. The Labute approximate surface area is 183 Å². The Morgan fingerprint density at radius 3 is 2.71 bits per heavy atom. The van der Waals surface area contributed by atoms with E-state index < -0.39 is 29.4 Å². The van der Waals surface area contributed by atoms with Gasteiger partial charge in [-0.25, -0.2) is 0 Å². The second-order valence-electron chi connectivity index (χ2n) is 10.7. The van der Waals surface area contributed by atoms with Crippen molar-refractivity contribution in [3.63, 3.8) is 0 Å². The average Bonchev–Trinajstić information content (AvgIpc) is 3.41. The lowest BCUT2D eigenvalue weighted by molar-refractivity contribution is -0.193. The van der Waals surface area contributed by atoms with Gasteiger partial charge < -0.3 is 14.6 Å². The van der Waals surface area contributed by atoms with E-state index in [0.717, 1.165) is 24.8 Å². The lowest BCUT2D eigenvalue weighted by Crippen LogP contribution is -2.63. The molecule has 1 heterocycles. The molecule has 31 heavy (non-hydrogen) atoms. The first-order valence-electron chi connectivity index (χ1n) is 11.6. The first-order chi connectivity index (χ1) is 14.6. The largest absolute Gasteiger partial charge is 0.450 e. The summed E-state index contributed by atoms with van der Waals surface area (Å²) in [4.78, 5) is 37.7. The molecular formula is C25H32O6. The summed E-state index contributed by atoms with van der Waals surface area (Å²) in [6.07, 6.45) is 8.65. The van der Waals surface area contributed by atoms with E-state index in [4.69, 9.17) is 9.47 Å². The van der Waals surface area contributed by atoms with Crippen LogP contribution in [0.2, 0.25) is 0 Å². The molecule has 1 saturated heterocycles. The van der Waals surface area contributed by atoms with Crippen molar-refractivity contribution in [2.75, 3.05) is 6.61 Å². The number of carbonyl (C=O) groups is 3. The maximum Gasteiger partial charge on any atom is 0.306 e. The maximum atomic E-state index is 13.2. The van der Waals surface area contributed by atoms with Crippen LogP contribution >= 0.6 is 0 Å². The van der Waals surface area contributed by atoms with Crippen molar-refractivity contribution in [3.05, 3.63) is 23.8 Å². The normalized spacial score (nSPS) is 49.3. The molecule has 0 aromatic carbocycles. The van der Waals surface area contributed by atoms with Gasteiger partial charge in [0.05, 0.1) is 6.10 Å². The second kappa shape index (κ2) is 6.38. The molecule has 0 bridgehead atoms. The number of ketones is 2. The predicted octanol–water partition coefficient (Wildman–Crippen LogP) is 2.93. The molecule has 0 aromatic heterocycles. The van der Waals surface area contributed by atoms with Gasteiger partial charge in [-0.3, -0.25) is 14.4 Å². The molecule has 5 rings (SSSR count). The minimum Gasteiger partial charge on any atom is -0.450 e. The van der Waals surface area contributed by atoms with Gasteiger partial charge in [0.25, 0.3) is 0 Å². The Morgan fingerprint density at radius 2 is 2.03 bits per heavy atom. The van der Waals surface area contributed by atoms with Gasteiger partial charge in [-0.2, -0.15) is 0 Å². The number of allylic oxidation sites excluding steroid dienone is 2. The predicted molar refractivity (Wildman–Crippen MR) is 112 cm³/mol. The number of hydrogen-bond acceptors (Lipinski definition) is 6. The number of ether oxygens (including phenoxy) is 2. The zero-order chi connectivity index (χ0) is 22.4. The van der Waals surface area contributed by atoms with Crippen LogP contribution in [0.15, 0.2) is 23.8 Å². The van der Waals surface area contributed by atoms with Gasteiger partial charge in [0.1, 0.15) is 12.2 Å². The number of carbonyl (C=O) groups excluding carboxylic acids is 3. The Morgan fingerprint density at radius 1 is 1.29 bits per heavy atom. The highest BCUT2D eigenvalue weighted by Gasteiger charge is 2.82. The third kappa shape index (κ3) is 2.28. The third-order valence-corrected chi connectivity index (χ3v) is 9.59. The van der Waals surface area contributed by atoms with Crippen LogP contribution in [0, 0.1) is 28.6 Å². The molecule has 1 aliphatic heterocycles. The van der Waals surface area contributed by atoms with E-state index >= 15 is 0 Å². The number of rotatable bonds is 4. The molecule has 8 atom stereocenters. The fraction of sp³-hybridized carbons (Fsp3) is 0.720. The van der Waals surface area contributed by atoms with E-state index in [1.807, 2.05) is 13.0 Å². The number of hydrogen-bond donors (Lipinski definition) is 1. The summed E-state index contributed by atoms with van der Waals surface area (Å²) in [7, 11) is 0. The molecule has 3 saturated carbocycles. The van der Waals surface area contributed by atoms with E-state index in [2.05, 4.69) is 13.8 Å². The summed E-state index contributed by atoms with van der Waals surface area (Å²) in [5, 5.41) is 9.88. The number of esters is 1. The van der Waals surface area contributed by atoms with Gasteiger partial charge in [0.2, 0.25) is 5.78 Å². The number of aliphatic hydroxyl groups excluding tert-OH is 1. The SMILES string of the molecule is CCC(=O)OC1(C(=O)CO)[C@@H](C)C[C@@H]2[C@@H]3CCC4=CC(=O)C=C[C@]4(C)[C@@]34O[C@H]4C[C@@]21C. The van der Waals surface area contributed by atoms with Crippen molar-refractivity contribution in [1.82, 2.24) is 0 Å².